The van der Waals surface area contributed by atoms with Gasteiger partial charge in [0.2, 0.25) is 0 Å². The van der Waals surface area contributed by atoms with Crippen LogP contribution in [0.1, 0.15) is 92.7 Å². The van der Waals surface area contributed by atoms with Gasteiger partial charge in [-0.15, -0.1) is 29.8 Å². The van der Waals surface area contributed by atoms with Crippen LogP contribution in [0, 0.1) is 44.4 Å². The molecular weight excluding hydrogens is 957 g/mol. The second-order valence-corrected chi connectivity index (χ2v) is 17.8. The summed E-state index contributed by atoms with van der Waals surface area (Å²) in [6.45, 7) is 7.98. The van der Waals surface area contributed by atoms with Crippen LogP contribution in [-0.2, 0) is 32.9 Å². The van der Waals surface area contributed by atoms with Crippen molar-refractivity contribution >= 4 is 21.9 Å². The largest absolute Gasteiger partial charge is 0.500 e. The number of fused-ring (bicyclic) bond motifs is 3. The van der Waals surface area contributed by atoms with Crippen molar-refractivity contribution in [2.45, 2.75) is 74.8 Å². The second-order valence-electron chi connectivity index (χ2n) is 17.8. The van der Waals surface area contributed by atoms with Gasteiger partial charge in [-0.25, -0.2) is 0 Å². The molecule has 0 bridgehead atoms. The van der Waals surface area contributed by atoms with Gasteiger partial charge >= 0.3 is 0 Å². The normalized spacial score (nSPS) is 15.6. The van der Waals surface area contributed by atoms with Gasteiger partial charge in [-0.05, 0) is 111 Å². The van der Waals surface area contributed by atoms with Gasteiger partial charge in [0.15, 0.2) is 0 Å². The Balaban J connectivity index is 0.000000241. The van der Waals surface area contributed by atoms with Crippen molar-refractivity contribution < 1.29 is 42.3 Å². The van der Waals surface area contributed by atoms with Crippen LogP contribution in [0.3, 0.4) is 0 Å². The summed E-state index contributed by atoms with van der Waals surface area (Å²) in [5.74, 6) is 0. The predicted octanol–water partition coefficient (Wildman–Crippen LogP) is 16.5. The topological polar surface area (TPSA) is 38.9 Å². The summed E-state index contributed by atoms with van der Waals surface area (Å²) in [5.41, 5.74) is 8.43. The van der Waals surface area contributed by atoms with Gasteiger partial charge in [-0.2, -0.15) is 18.6 Å². The first kappa shape index (κ1) is 31.7. The molecule has 3 aromatic heterocycles. The molecule has 9 rings (SSSR count). The Morgan fingerprint density at radius 1 is 0.562 bits per heavy atom. The average molecular weight is 1030 g/mol. The summed E-state index contributed by atoms with van der Waals surface area (Å²) in [6.07, 6.45) is -0.0151. The number of pyridine rings is 2. The molecule has 0 spiro atoms. The molecule has 6 aromatic carbocycles. The molecule has 3 heterocycles. The molecule has 0 aliphatic rings. The van der Waals surface area contributed by atoms with Crippen molar-refractivity contribution in [2.75, 3.05) is 0 Å². The summed E-state index contributed by atoms with van der Waals surface area (Å²) >= 11 is 0. The Hall–Kier alpha value is -6.06. The van der Waals surface area contributed by atoms with Crippen LogP contribution < -0.4 is 0 Å². The molecule has 0 atom stereocenters. The van der Waals surface area contributed by atoms with Crippen LogP contribution in [0.2, 0.25) is 0 Å². The molecule has 0 unspecified atom stereocenters. The van der Waals surface area contributed by atoms with E-state index >= 15 is 0 Å². The van der Waals surface area contributed by atoms with Gasteiger partial charge in [0, 0.05) is 61.4 Å². The Morgan fingerprint density at radius 2 is 1.23 bits per heavy atom. The van der Waals surface area contributed by atoms with E-state index in [4.69, 9.17) is 22.2 Å². The molecule has 1 radical (unpaired) electrons. The van der Waals surface area contributed by atoms with E-state index in [0.29, 0.717) is 66.9 Å². The van der Waals surface area contributed by atoms with Gasteiger partial charge < -0.3 is 9.40 Å². The van der Waals surface area contributed by atoms with Gasteiger partial charge in [-0.1, -0.05) is 168 Å². The monoisotopic (exact) mass is 1030 g/mol. The van der Waals surface area contributed by atoms with E-state index in [1.54, 1.807) is 81.7 Å². The smallest absolute Gasteiger partial charge is 0.123 e. The van der Waals surface area contributed by atoms with E-state index in [1.807, 2.05) is 106 Å². The van der Waals surface area contributed by atoms with Crippen LogP contribution in [-0.4, -0.2) is 9.97 Å². The molecule has 325 valence electrons. The molecule has 0 aliphatic carbocycles. The number of rotatable bonds is 7. The summed E-state index contributed by atoms with van der Waals surface area (Å²) in [6, 6.07) is 44.5. The van der Waals surface area contributed by atoms with Gasteiger partial charge in [-0.3, -0.25) is 4.98 Å². The second kappa shape index (κ2) is 19.0. The minimum absolute atomic E-state index is 0. The Bertz CT molecular complexity index is 3570. The third-order valence-electron chi connectivity index (χ3n) is 10.4. The zero-order valence-electron chi connectivity index (χ0n) is 49.8. The molecule has 3 nitrogen and oxygen atoms in total. The van der Waals surface area contributed by atoms with Crippen molar-refractivity contribution in [1.29, 1.82) is 0 Å². The van der Waals surface area contributed by atoms with Crippen molar-refractivity contribution in [3.05, 3.63) is 198 Å². The zero-order valence-corrected chi connectivity index (χ0v) is 39.2. The number of aromatic nitrogens is 2. The van der Waals surface area contributed by atoms with Gasteiger partial charge in [0.1, 0.15) is 5.58 Å². The maximum atomic E-state index is 8.65. The van der Waals surface area contributed by atoms with Crippen LogP contribution in [0.5, 0.6) is 0 Å². The van der Waals surface area contributed by atoms with Crippen LogP contribution in [0.15, 0.2) is 156 Å². The first-order chi connectivity index (χ1) is 35.3. The fourth-order valence-electron chi connectivity index (χ4n) is 7.65. The van der Waals surface area contributed by atoms with E-state index in [9.17, 15) is 0 Å². The fraction of sp³-hybridized carbons (Fsp3) is 0.217. The quantitative estimate of drug-likeness (QED) is 0.149. The van der Waals surface area contributed by atoms with Crippen molar-refractivity contribution in [2.24, 2.45) is 10.8 Å². The number of para-hydroxylation sites is 1. The molecule has 64 heavy (non-hydrogen) atoms. The molecule has 0 fully saturated rings. The third-order valence-corrected chi connectivity index (χ3v) is 10.4. The molecule has 4 heteroatoms. The summed E-state index contributed by atoms with van der Waals surface area (Å²) < 4.78 is 113. The molecule has 0 N–H and O–H groups in total. The number of hydrogen-bond donors (Lipinski definition) is 0. The summed E-state index contributed by atoms with van der Waals surface area (Å²) in [7, 11) is 0. The number of aryl methyl sites for hydroxylation is 3. The standard InChI is InChI=1S/C36H32NO.C24H26N.Ir/c1-23-8-6-9-30-31-10-7-11-32(35(31)38-34(23)30)33-21-28(18-19-37-33)26-13-15-27(16-14-26)29-17-12-25(20-24(29)2)22-36(3,4)5;1-17-13-18(2)22(14-21(17)20-9-7-6-8-10-20)23-12-11-19(16-25-23)15-24(3,4)5;/h6-10,12-21H,22H2,1-5H3;6-14,16H,2,15H2,1,3-5H3;/q2*-1;/i1D3,2D3,22D2;1D3,15D2;. The number of furan rings is 1. The Kier molecular flexibility index (Phi) is 9.40. The van der Waals surface area contributed by atoms with Crippen LogP contribution in [0.4, 0.5) is 0 Å². The molecular formula is C60H58IrN2O-2. The minimum Gasteiger partial charge on any atom is -0.500 e. The third kappa shape index (κ3) is 10.5. The van der Waals surface area contributed by atoms with Crippen molar-refractivity contribution in [1.82, 2.24) is 9.97 Å². The summed E-state index contributed by atoms with van der Waals surface area (Å²) in [5, 5.41) is 1.49. The number of benzene rings is 6. The molecule has 0 aliphatic heterocycles. The number of hydrogen-bond acceptors (Lipinski definition) is 3. The summed E-state index contributed by atoms with van der Waals surface area (Å²) in [4.78, 5) is 9.08. The minimum atomic E-state index is -2.43. The van der Waals surface area contributed by atoms with E-state index in [1.165, 1.54) is 6.07 Å². The molecule has 0 saturated heterocycles. The first-order valence-electron chi connectivity index (χ1n) is 27.4. The Labute approximate surface area is 412 Å². The SMILES string of the molecule is [2H]C([2H])([2H])c1cc(C([2H])([2H])C(C)(C)C)ccc1-c1ccc(-c2ccnc(-c3[c-]ccc4c3oc3c(C([2H])([2H])[2H])cccc34)c2)cc1.[2H]C([2H])([2H])c1cc([CH2-])c(-c2ccc(C([2H])([2H])C(C)(C)C)cn2)cc1-c1ccccc1.[Ir]. The van der Waals surface area contributed by atoms with E-state index in [-0.39, 0.29) is 36.8 Å². The van der Waals surface area contributed by atoms with Gasteiger partial charge in [0.25, 0.3) is 0 Å². The fourth-order valence-corrected chi connectivity index (χ4v) is 7.65. The van der Waals surface area contributed by atoms with Crippen LogP contribution in [0.25, 0.3) is 77.8 Å². The maximum absolute atomic E-state index is 8.65. The zero-order chi connectivity index (χ0) is 55.6. The first-order valence-corrected chi connectivity index (χ1v) is 20.9. The van der Waals surface area contributed by atoms with Crippen molar-refractivity contribution in [3.63, 3.8) is 0 Å². The Morgan fingerprint density at radius 3 is 1.94 bits per heavy atom. The van der Waals surface area contributed by atoms with E-state index < -0.39 is 44.1 Å². The van der Waals surface area contributed by atoms with Gasteiger partial charge in [0.05, 0.1) is 5.58 Å². The predicted molar refractivity (Wildman–Crippen MR) is 267 cm³/mol. The molecule has 0 amide bonds. The van der Waals surface area contributed by atoms with E-state index in [0.717, 1.165) is 27.6 Å². The average Bonchev–Trinajstić information content (AvgIpc) is 3.80. The number of nitrogens with zero attached hydrogens (tertiary/aromatic N) is 2. The van der Waals surface area contributed by atoms with E-state index in [2.05, 4.69) is 23.0 Å². The van der Waals surface area contributed by atoms with Crippen molar-refractivity contribution in [3.8, 4) is 55.9 Å². The molecule has 9 aromatic rings. The van der Waals surface area contributed by atoms with Crippen LogP contribution >= 0.6 is 0 Å². The molecule has 0 saturated carbocycles. The maximum Gasteiger partial charge on any atom is 0.123 e.